The third kappa shape index (κ3) is 3.01. The van der Waals surface area contributed by atoms with Crippen LogP contribution in [0.2, 0.25) is 0 Å². The maximum absolute atomic E-state index is 11.2. The molecule has 1 saturated heterocycles. The van der Waals surface area contributed by atoms with Crippen molar-refractivity contribution in [2.75, 3.05) is 18.0 Å². The summed E-state index contributed by atoms with van der Waals surface area (Å²) in [7, 11) is 0. The lowest BCUT2D eigenvalue weighted by Crippen LogP contribution is -2.36. The third-order valence-electron chi connectivity index (χ3n) is 3.87. The Kier molecular flexibility index (Phi) is 4.21. The van der Waals surface area contributed by atoms with Crippen LogP contribution >= 0.6 is 0 Å². The number of carbonyl (C=O) groups is 2. The number of hydrogen-bond donors (Lipinski definition) is 1. The minimum absolute atomic E-state index is 0.0492. The summed E-state index contributed by atoms with van der Waals surface area (Å²) in [5, 5.41) is 20.2. The molecule has 1 aromatic carbocycles. The first-order valence-corrected chi connectivity index (χ1v) is 6.66. The molecule has 7 nitrogen and oxygen atoms in total. The van der Waals surface area contributed by atoms with Crippen LogP contribution in [-0.2, 0) is 4.79 Å². The van der Waals surface area contributed by atoms with Crippen LogP contribution in [0.3, 0.4) is 0 Å². The van der Waals surface area contributed by atoms with Crippen LogP contribution in [0.4, 0.5) is 11.4 Å². The van der Waals surface area contributed by atoms with Crippen LogP contribution < -0.4 is 4.90 Å². The molecule has 0 atom stereocenters. The maximum Gasteiger partial charge on any atom is 0.306 e. The quantitative estimate of drug-likeness (QED) is 0.517. The second-order valence-corrected chi connectivity index (χ2v) is 5.17. The van der Waals surface area contributed by atoms with Crippen molar-refractivity contribution in [3.05, 3.63) is 33.4 Å². The van der Waals surface area contributed by atoms with Crippen molar-refractivity contribution < 1.29 is 19.6 Å². The zero-order valence-electron chi connectivity index (χ0n) is 11.6. The maximum atomic E-state index is 11.2. The number of aliphatic carboxylic acids is 1. The van der Waals surface area contributed by atoms with Crippen molar-refractivity contribution in [1.82, 2.24) is 0 Å². The Morgan fingerprint density at radius 3 is 2.52 bits per heavy atom. The van der Waals surface area contributed by atoms with Crippen molar-refractivity contribution in [2.24, 2.45) is 5.92 Å². The number of nitro groups is 1. The second kappa shape index (κ2) is 5.90. The molecular weight excluding hydrogens is 276 g/mol. The predicted molar refractivity (Wildman–Crippen MR) is 75.8 cm³/mol. The summed E-state index contributed by atoms with van der Waals surface area (Å²) < 4.78 is 0. The first-order chi connectivity index (χ1) is 9.93. The van der Waals surface area contributed by atoms with E-state index in [9.17, 15) is 19.7 Å². The largest absolute Gasteiger partial charge is 0.481 e. The molecule has 0 spiro atoms. The second-order valence-electron chi connectivity index (χ2n) is 5.17. The number of aryl methyl sites for hydroxylation is 1. The van der Waals surface area contributed by atoms with E-state index < -0.39 is 16.8 Å². The minimum atomic E-state index is -0.832. The Bertz CT molecular complexity index is 591. The van der Waals surface area contributed by atoms with Gasteiger partial charge in [-0.15, -0.1) is 0 Å². The number of carboxylic acids is 1. The lowest BCUT2D eigenvalue weighted by molar-refractivity contribution is -0.384. The summed E-state index contributed by atoms with van der Waals surface area (Å²) in [6, 6.07) is 2.91. The number of benzene rings is 1. The molecular formula is C14H16N2O5. The molecule has 0 aliphatic carbocycles. The summed E-state index contributed by atoms with van der Waals surface area (Å²) in [5.74, 6) is -1.24. The Morgan fingerprint density at radius 1 is 1.43 bits per heavy atom. The molecule has 21 heavy (non-hydrogen) atoms. The number of nitro benzene ring substituents is 1. The Hall–Kier alpha value is -2.44. The molecule has 2 rings (SSSR count). The highest BCUT2D eigenvalue weighted by molar-refractivity contribution is 5.82. The fourth-order valence-corrected chi connectivity index (χ4v) is 2.59. The lowest BCUT2D eigenvalue weighted by Gasteiger charge is -2.31. The molecule has 1 fully saturated rings. The number of rotatable bonds is 4. The van der Waals surface area contributed by atoms with E-state index >= 15 is 0 Å². The normalized spacial score (nSPS) is 15.8. The first-order valence-electron chi connectivity index (χ1n) is 6.66. The number of aldehydes is 1. The molecule has 112 valence electrons. The van der Waals surface area contributed by atoms with Gasteiger partial charge in [0.1, 0.15) is 12.0 Å². The third-order valence-corrected chi connectivity index (χ3v) is 3.87. The lowest BCUT2D eigenvalue weighted by atomic mass is 9.96. The number of hydrogen-bond acceptors (Lipinski definition) is 5. The first kappa shape index (κ1) is 15.0. The van der Waals surface area contributed by atoms with Crippen molar-refractivity contribution in [3.63, 3.8) is 0 Å². The molecule has 0 bridgehead atoms. The van der Waals surface area contributed by atoms with Crippen LogP contribution in [0.1, 0.15) is 28.8 Å². The summed E-state index contributed by atoms with van der Waals surface area (Å²) in [6.07, 6.45) is 1.56. The number of anilines is 1. The molecule has 0 aromatic heterocycles. The summed E-state index contributed by atoms with van der Waals surface area (Å²) in [5.41, 5.74) is 1.31. The van der Waals surface area contributed by atoms with Crippen molar-refractivity contribution >= 4 is 23.6 Å². The number of nitrogens with zero attached hydrogens (tertiary/aromatic N) is 2. The van der Waals surface area contributed by atoms with E-state index in [2.05, 4.69) is 0 Å². The van der Waals surface area contributed by atoms with E-state index in [0.717, 1.165) is 0 Å². The predicted octanol–water partition coefficient (Wildman–Crippen LogP) is 2.02. The van der Waals surface area contributed by atoms with E-state index in [-0.39, 0.29) is 5.69 Å². The molecule has 7 heteroatoms. The van der Waals surface area contributed by atoms with E-state index in [1.807, 2.05) is 0 Å². The van der Waals surface area contributed by atoms with Gasteiger partial charge in [-0.25, -0.2) is 0 Å². The Morgan fingerprint density at radius 2 is 2.05 bits per heavy atom. The molecule has 0 amide bonds. The Labute approximate surface area is 121 Å². The van der Waals surface area contributed by atoms with E-state index in [1.54, 1.807) is 11.8 Å². The highest BCUT2D eigenvalue weighted by Crippen LogP contribution is 2.33. The van der Waals surface area contributed by atoms with Gasteiger partial charge in [-0.3, -0.25) is 19.7 Å². The molecule has 1 aliphatic heterocycles. The van der Waals surface area contributed by atoms with Crippen molar-refractivity contribution in [1.29, 1.82) is 0 Å². The van der Waals surface area contributed by atoms with Crippen LogP contribution in [-0.4, -0.2) is 35.4 Å². The van der Waals surface area contributed by atoms with Crippen LogP contribution in [0.15, 0.2) is 12.1 Å². The van der Waals surface area contributed by atoms with Crippen LogP contribution in [0, 0.1) is 23.0 Å². The molecule has 0 radical (unpaired) electrons. The van der Waals surface area contributed by atoms with Gasteiger partial charge in [0.05, 0.1) is 10.8 Å². The van der Waals surface area contributed by atoms with Gasteiger partial charge in [-0.05, 0) is 31.4 Å². The molecule has 1 heterocycles. The molecule has 0 unspecified atom stereocenters. The zero-order valence-corrected chi connectivity index (χ0v) is 11.6. The molecule has 1 N–H and O–H groups in total. The minimum Gasteiger partial charge on any atom is -0.481 e. The topological polar surface area (TPSA) is 101 Å². The van der Waals surface area contributed by atoms with E-state index in [4.69, 9.17) is 5.11 Å². The fraction of sp³-hybridized carbons (Fsp3) is 0.429. The van der Waals surface area contributed by atoms with Crippen LogP contribution in [0.5, 0.6) is 0 Å². The SMILES string of the molecule is Cc1cc([N+](=O)[O-])c(N2CCC(C(=O)O)CC2)cc1C=O. The van der Waals surface area contributed by atoms with Crippen molar-refractivity contribution in [3.8, 4) is 0 Å². The smallest absolute Gasteiger partial charge is 0.306 e. The number of carboxylic acid groups (broad SMARTS) is 1. The highest BCUT2D eigenvalue weighted by Gasteiger charge is 2.28. The van der Waals surface area contributed by atoms with Gasteiger partial charge in [-0.1, -0.05) is 0 Å². The van der Waals surface area contributed by atoms with Gasteiger partial charge >= 0.3 is 5.97 Å². The van der Waals surface area contributed by atoms with Crippen molar-refractivity contribution in [2.45, 2.75) is 19.8 Å². The highest BCUT2D eigenvalue weighted by atomic mass is 16.6. The van der Waals surface area contributed by atoms with Gasteiger partial charge in [0.15, 0.2) is 0 Å². The monoisotopic (exact) mass is 292 g/mol. The Balaban J connectivity index is 2.32. The van der Waals surface area contributed by atoms with E-state index in [1.165, 1.54) is 12.1 Å². The van der Waals surface area contributed by atoms with Gasteiger partial charge in [0.25, 0.3) is 5.69 Å². The molecule has 0 saturated carbocycles. The van der Waals surface area contributed by atoms with Gasteiger partial charge in [0.2, 0.25) is 0 Å². The fourth-order valence-electron chi connectivity index (χ4n) is 2.59. The average Bonchev–Trinajstić information content (AvgIpc) is 2.47. The zero-order chi connectivity index (χ0) is 15.6. The van der Waals surface area contributed by atoms with Gasteiger partial charge < -0.3 is 10.0 Å². The average molecular weight is 292 g/mol. The summed E-state index contributed by atoms with van der Waals surface area (Å²) in [6.45, 7) is 2.51. The molecule has 1 aliphatic rings. The number of carbonyl (C=O) groups excluding carboxylic acids is 1. The summed E-state index contributed by atoms with van der Waals surface area (Å²) >= 11 is 0. The summed E-state index contributed by atoms with van der Waals surface area (Å²) in [4.78, 5) is 34.5. The van der Waals surface area contributed by atoms with Gasteiger partial charge in [0, 0.05) is 24.7 Å². The number of piperidine rings is 1. The standard InChI is InChI=1S/C14H16N2O5/c1-9-6-13(16(20)21)12(7-11(9)8-17)15-4-2-10(3-5-15)14(18)19/h6-8,10H,2-5H2,1H3,(H,18,19). The van der Waals surface area contributed by atoms with Crippen LogP contribution in [0.25, 0.3) is 0 Å². The van der Waals surface area contributed by atoms with E-state index in [0.29, 0.717) is 49.0 Å². The molecule has 1 aromatic rings. The van der Waals surface area contributed by atoms with Gasteiger partial charge in [-0.2, -0.15) is 0 Å².